The fourth-order valence-electron chi connectivity index (χ4n) is 2.30. The molecule has 12 nitrogen and oxygen atoms in total. The quantitative estimate of drug-likeness (QED) is 0.436. The maximum absolute atomic E-state index is 12.4. The number of rotatable bonds is 10. The van der Waals surface area contributed by atoms with Crippen LogP contribution in [0.4, 0.5) is 4.79 Å². The highest BCUT2D eigenvalue weighted by Crippen LogP contribution is 2.14. The highest BCUT2D eigenvalue weighted by atomic mass is 16.6. The monoisotopic (exact) mass is 382 g/mol. The van der Waals surface area contributed by atoms with E-state index in [1.807, 2.05) is 6.92 Å². The standard InChI is InChI=1S/C15H22N6O6/c1-5-6-8(9(22)10-17-12(24)18-10)16-7(2)11(23)27-15-20-13(25-3)19-14(21-15)26-4/h7-8,10,16H,5-6H2,1-4H3,(H2,17,18,24)/t7-,8-/m0/s1. The van der Waals surface area contributed by atoms with Crippen LogP contribution in [-0.4, -0.2) is 65.2 Å². The van der Waals surface area contributed by atoms with Gasteiger partial charge < -0.3 is 24.8 Å². The van der Waals surface area contributed by atoms with E-state index in [0.29, 0.717) is 12.8 Å². The molecule has 12 heteroatoms. The summed E-state index contributed by atoms with van der Waals surface area (Å²) >= 11 is 0. The van der Waals surface area contributed by atoms with Gasteiger partial charge >= 0.3 is 30.0 Å². The minimum Gasteiger partial charge on any atom is -0.467 e. The number of ketones is 1. The van der Waals surface area contributed by atoms with Crippen molar-refractivity contribution < 1.29 is 28.6 Å². The van der Waals surface area contributed by atoms with E-state index < -0.39 is 30.2 Å². The molecular formula is C15H22N6O6. The third-order valence-electron chi connectivity index (χ3n) is 3.69. The van der Waals surface area contributed by atoms with Gasteiger partial charge in [0.1, 0.15) is 6.04 Å². The summed E-state index contributed by atoms with van der Waals surface area (Å²) < 4.78 is 14.9. The molecule has 0 saturated carbocycles. The molecule has 148 valence electrons. The Bertz CT molecular complexity index is 684. The number of Topliss-reactive ketones (excluding diaryl/α,β-unsaturated/α-hetero) is 1. The summed E-state index contributed by atoms with van der Waals surface area (Å²) in [6, 6.07) is -2.32. The van der Waals surface area contributed by atoms with Crippen molar-refractivity contribution in [3.8, 4) is 18.0 Å². The number of nitrogens with one attached hydrogen (secondary N) is 3. The lowest BCUT2D eigenvalue weighted by Crippen LogP contribution is -2.70. The van der Waals surface area contributed by atoms with Gasteiger partial charge in [-0.1, -0.05) is 13.3 Å². The van der Waals surface area contributed by atoms with Crippen molar-refractivity contribution in [3.63, 3.8) is 0 Å². The first-order chi connectivity index (χ1) is 12.9. The minimum atomic E-state index is -0.838. The number of ether oxygens (including phenoxy) is 3. The van der Waals surface area contributed by atoms with Gasteiger partial charge in [0.05, 0.1) is 20.3 Å². The van der Waals surface area contributed by atoms with Gasteiger partial charge in [-0.25, -0.2) is 9.59 Å². The van der Waals surface area contributed by atoms with Gasteiger partial charge in [0, 0.05) is 0 Å². The first kappa shape index (κ1) is 20.3. The summed E-state index contributed by atoms with van der Waals surface area (Å²) in [5.41, 5.74) is 0. The Morgan fingerprint density at radius 3 is 2.15 bits per heavy atom. The summed E-state index contributed by atoms with van der Waals surface area (Å²) in [5.74, 6) is -0.968. The zero-order valence-electron chi connectivity index (χ0n) is 15.4. The fourth-order valence-corrected chi connectivity index (χ4v) is 2.30. The number of urea groups is 1. The second-order valence-corrected chi connectivity index (χ2v) is 5.70. The Balaban J connectivity index is 2.00. The average Bonchev–Trinajstić information content (AvgIpc) is 2.63. The Labute approximate surface area is 155 Å². The molecule has 1 aromatic rings. The number of hydrogen-bond donors (Lipinski definition) is 3. The lowest BCUT2D eigenvalue weighted by atomic mass is 10.0. The lowest BCUT2D eigenvalue weighted by Gasteiger charge is -2.31. The van der Waals surface area contributed by atoms with Gasteiger partial charge in [0.15, 0.2) is 11.9 Å². The van der Waals surface area contributed by atoms with E-state index in [1.165, 1.54) is 14.2 Å². The second-order valence-electron chi connectivity index (χ2n) is 5.70. The van der Waals surface area contributed by atoms with E-state index in [0.717, 1.165) is 0 Å². The zero-order chi connectivity index (χ0) is 20.0. The number of aromatic nitrogens is 3. The fraction of sp³-hybridized carbons (Fsp3) is 0.600. The van der Waals surface area contributed by atoms with Crippen LogP contribution >= 0.6 is 0 Å². The van der Waals surface area contributed by atoms with Gasteiger partial charge in [-0.2, -0.15) is 0 Å². The van der Waals surface area contributed by atoms with E-state index in [-0.39, 0.29) is 23.8 Å². The molecule has 1 fully saturated rings. The van der Waals surface area contributed by atoms with Crippen LogP contribution in [-0.2, 0) is 9.59 Å². The normalized spacial score (nSPS) is 15.6. The van der Waals surface area contributed by atoms with E-state index in [1.54, 1.807) is 6.92 Å². The number of methoxy groups -OCH3 is 2. The van der Waals surface area contributed by atoms with E-state index in [4.69, 9.17) is 14.2 Å². The molecule has 1 aliphatic rings. The molecule has 3 N–H and O–H groups in total. The van der Waals surface area contributed by atoms with Gasteiger partial charge in [0.25, 0.3) is 0 Å². The molecule has 0 unspecified atom stereocenters. The molecule has 1 aromatic heterocycles. The molecule has 1 aliphatic heterocycles. The molecule has 0 bridgehead atoms. The van der Waals surface area contributed by atoms with Gasteiger partial charge in [-0.05, 0) is 13.3 Å². The molecule has 0 aromatic carbocycles. The van der Waals surface area contributed by atoms with Crippen LogP contribution in [0, 0.1) is 0 Å². The molecule has 0 aliphatic carbocycles. The minimum absolute atomic E-state index is 0.0731. The summed E-state index contributed by atoms with van der Waals surface area (Å²) in [5, 5.41) is 7.79. The van der Waals surface area contributed by atoms with E-state index in [2.05, 4.69) is 30.9 Å². The highest BCUT2D eigenvalue weighted by molar-refractivity contribution is 5.99. The van der Waals surface area contributed by atoms with Crippen LogP contribution in [0.15, 0.2) is 0 Å². The smallest absolute Gasteiger partial charge is 0.333 e. The molecule has 1 saturated heterocycles. The molecule has 0 radical (unpaired) electrons. The first-order valence-corrected chi connectivity index (χ1v) is 8.30. The van der Waals surface area contributed by atoms with Crippen molar-refractivity contribution in [2.75, 3.05) is 14.2 Å². The van der Waals surface area contributed by atoms with E-state index >= 15 is 0 Å². The van der Waals surface area contributed by atoms with Crippen LogP contribution in [0.3, 0.4) is 0 Å². The van der Waals surface area contributed by atoms with Gasteiger partial charge in [-0.3, -0.25) is 10.1 Å². The number of carbonyl (C=O) groups excluding carboxylic acids is 3. The van der Waals surface area contributed by atoms with Crippen LogP contribution in [0.25, 0.3) is 0 Å². The maximum atomic E-state index is 12.4. The van der Waals surface area contributed by atoms with E-state index in [9.17, 15) is 14.4 Å². The van der Waals surface area contributed by atoms with Crippen molar-refractivity contribution in [1.29, 1.82) is 0 Å². The lowest BCUT2D eigenvalue weighted by molar-refractivity contribution is -0.137. The Hall–Kier alpha value is -3.02. The number of amides is 2. The molecular weight excluding hydrogens is 360 g/mol. The summed E-state index contributed by atoms with van der Waals surface area (Å²) in [6.07, 6.45) is 0.424. The third kappa shape index (κ3) is 5.23. The topological polar surface area (TPSA) is 154 Å². The Kier molecular flexibility index (Phi) is 6.82. The Morgan fingerprint density at radius 2 is 1.67 bits per heavy atom. The number of hydrogen-bond acceptors (Lipinski definition) is 10. The predicted molar refractivity (Wildman–Crippen MR) is 90.3 cm³/mol. The van der Waals surface area contributed by atoms with Crippen LogP contribution in [0.5, 0.6) is 18.0 Å². The SMILES string of the molecule is CCC[C@H](N[C@@H](C)C(=O)Oc1nc(OC)nc(OC)n1)C(=O)C1NC(=O)N1. The molecule has 27 heavy (non-hydrogen) atoms. The molecule has 0 spiro atoms. The second kappa shape index (κ2) is 9.07. The van der Waals surface area contributed by atoms with Crippen LogP contribution < -0.4 is 30.2 Å². The number of carbonyl (C=O) groups is 3. The van der Waals surface area contributed by atoms with Crippen LogP contribution in [0.1, 0.15) is 26.7 Å². The van der Waals surface area contributed by atoms with Crippen molar-refractivity contribution in [3.05, 3.63) is 0 Å². The summed E-state index contributed by atoms with van der Waals surface area (Å²) in [4.78, 5) is 47.1. The van der Waals surface area contributed by atoms with Crippen molar-refractivity contribution >= 4 is 17.8 Å². The maximum Gasteiger partial charge on any atom is 0.333 e. The molecule has 2 atom stereocenters. The Morgan fingerprint density at radius 1 is 1.11 bits per heavy atom. The molecule has 2 amide bonds. The predicted octanol–water partition coefficient (Wildman–Crippen LogP) is -0.851. The largest absolute Gasteiger partial charge is 0.467 e. The average molecular weight is 382 g/mol. The summed E-state index contributed by atoms with van der Waals surface area (Å²) in [7, 11) is 2.69. The molecule has 2 rings (SSSR count). The van der Waals surface area contributed by atoms with Gasteiger partial charge in [0.2, 0.25) is 0 Å². The van der Waals surface area contributed by atoms with Crippen molar-refractivity contribution in [1.82, 2.24) is 30.9 Å². The van der Waals surface area contributed by atoms with Crippen molar-refractivity contribution in [2.45, 2.75) is 44.9 Å². The first-order valence-electron chi connectivity index (χ1n) is 8.30. The number of nitrogens with zero attached hydrogens (tertiary/aromatic N) is 3. The van der Waals surface area contributed by atoms with Gasteiger partial charge in [-0.15, -0.1) is 15.0 Å². The molecule has 2 heterocycles. The van der Waals surface area contributed by atoms with Crippen LogP contribution in [0.2, 0.25) is 0 Å². The summed E-state index contributed by atoms with van der Waals surface area (Å²) in [6.45, 7) is 3.45. The van der Waals surface area contributed by atoms with Crippen molar-refractivity contribution in [2.24, 2.45) is 0 Å². The number of esters is 1. The highest BCUT2D eigenvalue weighted by Gasteiger charge is 2.36. The zero-order valence-corrected chi connectivity index (χ0v) is 15.4. The third-order valence-corrected chi connectivity index (χ3v) is 3.69.